The Morgan fingerprint density at radius 2 is 2.04 bits per heavy atom. The summed E-state index contributed by atoms with van der Waals surface area (Å²) in [7, 11) is 0. The van der Waals surface area contributed by atoms with Gasteiger partial charge in [0.05, 0.1) is 5.92 Å². The first kappa shape index (κ1) is 16.0. The van der Waals surface area contributed by atoms with Crippen molar-refractivity contribution in [3.8, 4) is 0 Å². The SMILES string of the molecule is C=CC(=O)OCC(=O)OCOC1C2CC3CC(C2)C(=O)OC1C3. The van der Waals surface area contributed by atoms with Gasteiger partial charge in [0.2, 0.25) is 0 Å². The molecule has 23 heavy (non-hydrogen) atoms. The molecular formula is C16H20O7. The zero-order valence-corrected chi connectivity index (χ0v) is 12.8. The van der Waals surface area contributed by atoms with Crippen LogP contribution in [0.4, 0.5) is 0 Å². The molecule has 2 aliphatic heterocycles. The maximum absolute atomic E-state index is 11.9. The van der Waals surface area contributed by atoms with Gasteiger partial charge in [0.15, 0.2) is 13.4 Å². The third kappa shape index (κ3) is 3.55. The molecular weight excluding hydrogens is 304 g/mol. The van der Waals surface area contributed by atoms with E-state index in [1.807, 2.05) is 0 Å². The first-order chi connectivity index (χ1) is 11.1. The van der Waals surface area contributed by atoms with Crippen LogP contribution in [0, 0.1) is 17.8 Å². The summed E-state index contributed by atoms with van der Waals surface area (Å²) in [6, 6.07) is 0. The molecule has 4 bridgehead atoms. The number of carbonyl (C=O) groups excluding carboxylic acids is 3. The van der Waals surface area contributed by atoms with E-state index < -0.39 is 18.5 Å². The van der Waals surface area contributed by atoms with Crippen LogP contribution in [0.25, 0.3) is 0 Å². The van der Waals surface area contributed by atoms with Crippen LogP contribution in [0.1, 0.15) is 25.7 Å². The second-order valence-corrected chi connectivity index (χ2v) is 6.32. The van der Waals surface area contributed by atoms with E-state index in [2.05, 4.69) is 11.3 Å². The molecule has 4 rings (SSSR count). The van der Waals surface area contributed by atoms with Crippen LogP contribution in [-0.2, 0) is 33.3 Å². The van der Waals surface area contributed by atoms with Crippen LogP contribution in [0.3, 0.4) is 0 Å². The maximum atomic E-state index is 11.9. The fraction of sp³-hybridized carbons (Fsp3) is 0.688. The molecule has 7 nitrogen and oxygen atoms in total. The molecule has 2 heterocycles. The van der Waals surface area contributed by atoms with Crippen LogP contribution < -0.4 is 0 Å². The minimum absolute atomic E-state index is 0.0155. The van der Waals surface area contributed by atoms with Gasteiger partial charge in [-0.15, -0.1) is 0 Å². The van der Waals surface area contributed by atoms with Gasteiger partial charge in [-0.3, -0.25) is 4.79 Å². The predicted octanol–water partition coefficient (Wildman–Crippen LogP) is 0.963. The Morgan fingerprint density at radius 1 is 1.22 bits per heavy atom. The summed E-state index contributed by atoms with van der Waals surface area (Å²) in [6.45, 7) is 2.50. The van der Waals surface area contributed by atoms with E-state index in [-0.39, 0.29) is 36.8 Å². The number of hydrogen-bond donors (Lipinski definition) is 0. The molecule has 4 fully saturated rings. The molecule has 0 aromatic heterocycles. The Kier molecular flexibility index (Phi) is 4.66. The van der Waals surface area contributed by atoms with Crippen LogP contribution in [0.15, 0.2) is 12.7 Å². The Hall–Kier alpha value is -1.89. The van der Waals surface area contributed by atoms with Crippen molar-refractivity contribution in [1.82, 2.24) is 0 Å². The maximum Gasteiger partial charge on any atom is 0.346 e. The summed E-state index contributed by atoms with van der Waals surface area (Å²) in [5.41, 5.74) is 0. The summed E-state index contributed by atoms with van der Waals surface area (Å²) >= 11 is 0. The number of esters is 3. The fourth-order valence-electron chi connectivity index (χ4n) is 3.92. The van der Waals surface area contributed by atoms with E-state index in [0.717, 1.165) is 31.8 Å². The van der Waals surface area contributed by atoms with Crippen LogP contribution >= 0.6 is 0 Å². The Balaban J connectivity index is 1.47. The van der Waals surface area contributed by atoms with Gasteiger partial charge in [-0.2, -0.15) is 0 Å². The van der Waals surface area contributed by atoms with Gasteiger partial charge in [0, 0.05) is 6.08 Å². The highest BCUT2D eigenvalue weighted by Crippen LogP contribution is 2.48. The Bertz CT molecular complexity index is 515. The van der Waals surface area contributed by atoms with E-state index in [0.29, 0.717) is 5.92 Å². The Labute approximate surface area is 133 Å². The molecule has 0 N–H and O–H groups in total. The van der Waals surface area contributed by atoms with E-state index >= 15 is 0 Å². The van der Waals surface area contributed by atoms with Crippen molar-refractivity contribution in [3.63, 3.8) is 0 Å². The van der Waals surface area contributed by atoms with Gasteiger partial charge in [-0.05, 0) is 37.5 Å². The molecule has 2 aliphatic carbocycles. The molecule has 2 saturated heterocycles. The monoisotopic (exact) mass is 324 g/mol. The molecule has 0 aromatic rings. The summed E-state index contributed by atoms with van der Waals surface area (Å²) in [5, 5.41) is 0. The Morgan fingerprint density at radius 3 is 2.83 bits per heavy atom. The molecule has 0 spiro atoms. The van der Waals surface area contributed by atoms with Gasteiger partial charge in [0.1, 0.15) is 12.2 Å². The second kappa shape index (κ2) is 6.70. The van der Waals surface area contributed by atoms with Gasteiger partial charge >= 0.3 is 17.9 Å². The van der Waals surface area contributed by atoms with E-state index in [1.165, 1.54) is 0 Å². The van der Waals surface area contributed by atoms with Crippen molar-refractivity contribution in [2.75, 3.05) is 13.4 Å². The van der Waals surface area contributed by atoms with Crippen molar-refractivity contribution >= 4 is 17.9 Å². The highest BCUT2D eigenvalue weighted by molar-refractivity contribution is 5.83. The normalized spacial score (nSPS) is 34.4. The molecule has 7 heteroatoms. The first-order valence-electron chi connectivity index (χ1n) is 7.83. The van der Waals surface area contributed by atoms with Gasteiger partial charge in [0.25, 0.3) is 0 Å². The highest BCUT2D eigenvalue weighted by atomic mass is 16.7. The van der Waals surface area contributed by atoms with Crippen LogP contribution in [0.2, 0.25) is 0 Å². The minimum atomic E-state index is -0.696. The van der Waals surface area contributed by atoms with E-state index in [4.69, 9.17) is 14.2 Å². The van der Waals surface area contributed by atoms with Crippen molar-refractivity contribution in [1.29, 1.82) is 0 Å². The third-order valence-corrected chi connectivity index (χ3v) is 4.82. The van der Waals surface area contributed by atoms with Gasteiger partial charge < -0.3 is 18.9 Å². The molecule has 0 radical (unpaired) electrons. The largest absolute Gasteiger partial charge is 0.459 e. The molecule has 126 valence electrons. The van der Waals surface area contributed by atoms with Crippen molar-refractivity contribution in [3.05, 3.63) is 12.7 Å². The lowest BCUT2D eigenvalue weighted by molar-refractivity contribution is -0.188. The molecule has 5 atom stereocenters. The summed E-state index contributed by atoms with van der Waals surface area (Å²) in [5.74, 6) is -0.733. The summed E-state index contributed by atoms with van der Waals surface area (Å²) < 4.78 is 20.7. The number of rotatable bonds is 6. The predicted molar refractivity (Wildman–Crippen MR) is 75.8 cm³/mol. The third-order valence-electron chi connectivity index (χ3n) is 4.82. The molecule has 4 aliphatic rings. The standard InChI is InChI=1S/C16H20O7/c1-2-13(17)20-7-14(18)21-8-22-15-10-3-9-4-11(6-10)16(19)23-12(15)5-9/h2,9-12,15H,1,3-8H2. The van der Waals surface area contributed by atoms with Crippen LogP contribution in [-0.4, -0.2) is 43.5 Å². The van der Waals surface area contributed by atoms with Crippen molar-refractivity contribution in [2.45, 2.75) is 37.9 Å². The average molecular weight is 324 g/mol. The lowest BCUT2D eigenvalue weighted by Gasteiger charge is -2.41. The topological polar surface area (TPSA) is 88.1 Å². The summed E-state index contributed by atoms with van der Waals surface area (Å²) in [6.07, 6.45) is 4.02. The lowest BCUT2D eigenvalue weighted by atomic mass is 9.67. The molecule has 0 aromatic carbocycles. The second-order valence-electron chi connectivity index (χ2n) is 6.32. The van der Waals surface area contributed by atoms with Crippen molar-refractivity contribution in [2.24, 2.45) is 17.8 Å². The highest BCUT2D eigenvalue weighted by Gasteiger charge is 2.50. The zero-order chi connectivity index (χ0) is 16.4. The molecule has 2 saturated carbocycles. The lowest BCUT2D eigenvalue weighted by Crippen LogP contribution is -2.44. The number of fused-ring (bicyclic) bond motifs is 1. The zero-order valence-electron chi connectivity index (χ0n) is 12.8. The number of carbonyl (C=O) groups is 3. The number of hydrogen-bond acceptors (Lipinski definition) is 7. The van der Waals surface area contributed by atoms with E-state index in [9.17, 15) is 14.4 Å². The van der Waals surface area contributed by atoms with Gasteiger partial charge in [-0.25, -0.2) is 9.59 Å². The van der Waals surface area contributed by atoms with E-state index in [1.54, 1.807) is 0 Å². The van der Waals surface area contributed by atoms with Crippen molar-refractivity contribution < 1.29 is 33.3 Å². The molecule has 5 unspecified atom stereocenters. The quantitative estimate of drug-likeness (QED) is 0.311. The summed E-state index contributed by atoms with van der Waals surface area (Å²) in [4.78, 5) is 34.2. The minimum Gasteiger partial charge on any atom is -0.459 e. The number of ether oxygens (including phenoxy) is 4. The molecule has 0 amide bonds. The fourth-order valence-corrected chi connectivity index (χ4v) is 3.92. The van der Waals surface area contributed by atoms with Crippen LogP contribution in [0.5, 0.6) is 0 Å². The average Bonchev–Trinajstić information content (AvgIpc) is 2.69. The smallest absolute Gasteiger partial charge is 0.346 e. The first-order valence-corrected chi connectivity index (χ1v) is 7.83. The van der Waals surface area contributed by atoms with Gasteiger partial charge in [-0.1, -0.05) is 6.58 Å².